The van der Waals surface area contributed by atoms with Crippen LogP contribution in [0, 0.1) is 0 Å². The molecule has 0 saturated carbocycles. The van der Waals surface area contributed by atoms with Crippen LogP contribution in [0.4, 0.5) is 0 Å². The van der Waals surface area contributed by atoms with Crippen molar-refractivity contribution in [1.29, 1.82) is 0 Å². The molecule has 4 aromatic carbocycles. The van der Waals surface area contributed by atoms with Crippen molar-refractivity contribution in [2.75, 3.05) is 26.2 Å². The molecule has 0 bridgehead atoms. The van der Waals surface area contributed by atoms with Gasteiger partial charge in [0, 0.05) is 37.6 Å². The van der Waals surface area contributed by atoms with Crippen LogP contribution >= 0.6 is 0 Å². The van der Waals surface area contributed by atoms with Crippen LogP contribution in [0.3, 0.4) is 0 Å². The number of ether oxygens (including phenoxy) is 1. The monoisotopic (exact) mass is 492 g/mol. The molecular formula is C32H32N2O3. The van der Waals surface area contributed by atoms with Gasteiger partial charge >= 0.3 is 5.97 Å². The zero-order valence-electron chi connectivity index (χ0n) is 20.8. The lowest BCUT2D eigenvalue weighted by Crippen LogP contribution is -2.34. The predicted molar refractivity (Wildman–Crippen MR) is 149 cm³/mol. The maximum atomic E-state index is 11.2. The number of carbonyl (C=O) groups is 1. The van der Waals surface area contributed by atoms with Gasteiger partial charge in [0.2, 0.25) is 0 Å². The molecule has 0 amide bonds. The van der Waals surface area contributed by atoms with E-state index in [9.17, 15) is 9.90 Å². The van der Waals surface area contributed by atoms with Crippen LogP contribution < -0.4 is 10.1 Å². The number of carboxylic acids is 1. The molecule has 0 spiro atoms. The first-order chi connectivity index (χ1) is 18.1. The summed E-state index contributed by atoms with van der Waals surface area (Å²) >= 11 is 0. The average molecular weight is 493 g/mol. The smallest absolute Gasteiger partial charge is 0.335 e. The summed E-state index contributed by atoms with van der Waals surface area (Å²) in [5, 5.41) is 15.2. The molecule has 0 aliphatic carbocycles. The predicted octanol–water partition coefficient (Wildman–Crippen LogP) is 5.86. The van der Waals surface area contributed by atoms with Crippen LogP contribution in [0.15, 0.2) is 103 Å². The van der Waals surface area contributed by atoms with Crippen molar-refractivity contribution in [1.82, 2.24) is 10.2 Å². The molecule has 1 aliphatic heterocycles. The summed E-state index contributed by atoms with van der Waals surface area (Å²) in [5.74, 6) is -0.0573. The number of hydrogen-bond donors (Lipinski definition) is 2. The second-order valence-electron chi connectivity index (χ2n) is 9.58. The van der Waals surface area contributed by atoms with Crippen molar-refractivity contribution in [3.8, 4) is 5.75 Å². The van der Waals surface area contributed by atoms with E-state index < -0.39 is 5.97 Å². The molecule has 1 fully saturated rings. The second-order valence-corrected chi connectivity index (χ2v) is 9.58. The van der Waals surface area contributed by atoms with E-state index in [-0.39, 0.29) is 5.56 Å². The van der Waals surface area contributed by atoms with Gasteiger partial charge in [-0.1, -0.05) is 84.9 Å². The number of nitrogens with one attached hydrogen (secondary N) is 1. The van der Waals surface area contributed by atoms with Gasteiger partial charge in [-0.3, -0.25) is 4.90 Å². The lowest BCUT2D eigenvalue weighted by molar-refractivity contribution is 0.0697. The maximum absolute atomic E-state index is 11.2. The summed E-state index contributed by atoms with van der Waals surface area (Å²) in [5.41, 5.74) is 3.70. The Balaban J connectivity index is 1.27. The Kier molecular flexibility index (Phi) is 7.94. The van der Waals surface area contributed by atoms with Crippen molar-refractivity contribution in [3.63, 3.8) is 0 Å². The molecule has 1 heterocycles. The minimum atomic E-state index is -0.919. The van der Waals surface area contributed by atoms with E-state index in [1.165, 1.54) is 5.56 Å². The summed E-state index contributed by atoms with van der Waals surface area (Å²) < 4.78 is 6.32. The molecule has 1 saturated heterocycles. The fourth-order valence-corrected chi connectivity index (χ4v) is 4.85. The Morgan fingerprint density at radius 2 is 1.70 bits per heavy atom. The van der Waals surface area contributed by atoms with Crippen LogP contribution in [0.1, 0.15) is 27.9 Å². The van der Waals surface area contributed by atoms with Crippen LogP contribution in [0.25, 0.3) is 16.8 Å². The van der Waals surface area contributed by atoms with Crippen LogP contribution in [0.5, 0.6) is 5.75 Å². The standard InChI is InChI=1S/C32H32N2O3/c35-32(36)28-15-13-24(14-16-28)19-26(23-37-31-12-6-10-27-9-4-5-11-30(27)31)20-33-29-17-18-34(22-29)21-25-7-2-1-3-8-25/h1-16,19,29,33H,17-18,20-23H2,(H,35,36). The first-order valence-corrected chi connectivity index (χ1v) is 12.8. The summed E-state index contributed by atoms with van der Waals surface area (Å²) in [6.45, 7) is 4.22. The molecule has 37 heavy (non-hydrogen) atoms. The van der Waals surface area contributed by atoms with E-state index in [0.717, 1.165) is 53.7 Å². The van der Waals surface area contributed by atoms with Gasteiger partial charge in [0.25, 0.3) is 0 Å². The third-order valence-corrected chi connectivity index (χ3v) is 6.83. The van der Waals surface area contributed by atoms with Crippen molar-refractivity contribution >= 4 is 22.8 Å². The van der Waals surface area contributed by atoms with Crippen LogP contribution in [-0.4, -0.2) is 48.3 Å². The summed E-state index contributed by atoms with van der Waals surface area (Å²) in [6.07, 6.45) is 3.21. The first-order valence-electron chi connectivity index (χ1n) is 12.8. The molecule has 1 aliphatic rings. The number of aromatic carboxylic acids is 1. The van der Waals surface area contributed by atoms with E-state index in [1.54, 1.807) is 12.1 Å². The van der Waals surface area contributed by atoms with Crippen molar-refractivity contribution in [2.45, 2.75) is 19.0 Å². The lowest BCUT2D eigenvalue weighted by atomic mass is 10.1. The van der Waals surface area contributed by atoms with E-state index in [0.29, 0.717) is 19.2 Å². The highest BCUT2D eigenvalue weighted by atomic mass is 16.5. The SMILES string of the molecule is O=C(O)c1ccc(C=C(CNC2CCN(Cc3ccccc3)C2)COc2cccc3ccccc23)cc1. The normalized spacial score (nSPS) is 16.2. The van der Waals surface area contributed by atoms with E-state index in [2.05, 4.69) is 64.8 Å². The quantitative estimate of drug-likeness (QED) is 0.290. The summed E-state index contributed by atoms with van der Waals surface area (Å²) in [4.78, 5) is 13.7. The number of benzene rings is 4. The van der Waals surface area contributed by atoms with Crippen molar-refractivity contribution < 1.29 is 14.6 Å². The first kappa shape index (κ1) is 24.8. The van der Waals surface area contributed by atoms with Gasteiger partial charge in [0.1, 0.15) is 12.4 Å². The highest BCUT2D eigenvalue weighted by molar-refractivity contribution is 5.88. The molecule has 1 atom stereocenters. The molecule has 5 rings (SSSR count). The van der Waals surface area contributed by atoms with Gasteiger partial charge < -0.3 is 15.2 Å². The fourth-order valence-electron chi connectivity index (χ4n) is 4.85. The number of fused-ring (bicyclic) bond motifs is 1. The third kappa shape index (κ3) is 6.64. The average Bonchev–Trinajstić information content (AvgIpc) is 3.38. The number of likely N-dealkylation sites (tertiary alicyclic amines) is 1. The zero-order chi connectivity index (χ0) is 25.5. The Hall–Kier alpha value is -3.93. The minimum absolute atomic E-state index is 0.285. The Labute approximate surface area is 218 Å². The summed E-state index contributed by atoms with van der Waals surface area (Å²) in [6, 6.07) is 32.3. The molecular weight excluding hydrogens is 460 g/mol. The number of carboxylic acid groups (broad SMARTS) is 1. The van der Waals surface area contributed by atoms with Gasteiger partial charge in [-0.25, -0.2) is 4.79 Å². The van der Waals surface area contributed by atoms with Gasteiger partial charge in [-0.05, 0) is 46.7 Å². The van der Waals surface area contributed by atoms with E-state index in [4.69, 9.17) is 4.74 Å². The Bertz CT molecular complexity index is 1360. The minimum Gasteiger partial charge on any atom is -0.489 e. The van der Waals surface area contributed by atoms with E-state index >= 15 is 0 Å². The van der Waals surface area contributed by atoms with Gasteiger partial charge in [-0.2, -0.15) is 0 Å². The third-order valence-electron chi connectivity index (χ3n) is 6.83. The summed E-state index contributed by atoms with van der Waals surface area (Å²) in [7, 11) is 0. The van der Waals surface area contributed by atoms with Gasteiger partial charge in [0.05, 0.1) is 5.56 Å². The molecule has 5 nitrogen and oxygen atoms in total. The molecule has 0 radical (unpaired) electrons. The molecule has 0 aromatic heterocycles. The number of nitrogens with zero attached hydrogens (tertiary/aromatic N) is 1. The largest absolute Gasteiger partial charge is 0.489 e. The molecule has 4 aromatic rings. The van der Waals surface area contributed by atoms with Crippen molar-refractivity contribution in [2.24, 2.45) is 0 Å². The second kappa shape index (κ2) is 11.9. The molecule has 188 valence electrons. The molecule has 5 heteroatoms. The van der Waals surface area contributed by atoms with Gasteiger partial charge in [0.15, 0.2) is 0 Å². The topological polar surface area (TPSA) is 61.8 Å². The highest BCUT2D eigenvalue weighted by Gasteiger charge is 2.22. The lowest BCUT2D eigenvalue weighted by Gasteiger charge is -2.18. The maximum Gasteiger partial charge on any atom is 0.335 e. The molecule has 1 unspecified atom stereocenters. The number of hydrogen-bond acceptors (Lipinski definition) is 4. The zero-order valence-corrected chi connectivity index (χ0v) is 20.8. The Morgan fingerprint density at radius 1 is 0.946 bits per heavy atom. The highest BCUT2D eigenvalue weighted by Crippen LogP contribution is 2.26. The van der Waals surface area contributed by atoms with Crippen molar-refractivity contribution in [3.05, 3.63) is 119 Å². The fraction of sp³-hybridized carbons (Fsp3) is 0.219. The van der Waals surface area contributed by atoms with Crippen LogP contribution in [0.2, 0.25) is 0 Å². The Morgan fingerprint density at radius 3 is 2.51 bits per heavy atom. The molecule has 2 N–H and O–H groups in total. The van der Waals surface area contributed by atoms with Crippen LogP contribution in [-0.2, 0) is 6.54 Å². The van der Waals surface area contributed by atoms with E-state index in [1.807, 2.05) is 36.4 Å². The number of rotatable bonds is 10. The van der Waals surface area contributed by atoms with Gasteiger partial charge in [-0.15, -0.1) is 0 Å².